The number of aryl methyl sites for hydroxylation is 1. The second-order valence-corrected chi connectivity index (χ2v) is 3.68. The van der Waals surface area contributed by atoms with Gasteiger partial charge in [0.2, 0.25) is 0 Å². The highest BCUT2D eigenvalue weighted by Crippen LogP contribution is 2.16. The molecule has 0 radical (unpaired) electrons. The summed E-state index contributed by atoms with van der Waals surface area (Å²) in [6, 6.07) is 11.2. The Balaban J connectivity index is 2.00. The van der Waals surface area contributed by atoms with E-state index in [2.05, 4.69) is 20.7 Å². The Morgan fingerprint density at radius 2 is 1.94 bits per heavy atom. The molecule has 0 aliphatic heterocycles. The van der Waals surface area contributed by atoms with Crippen LogP contribution in [0.2, 0.25) is 0 Å². The Labute approximate surface area is 106 Å². The molecule has 0 spiro atoms. The third kappa shape index (κ3) is 3.04. The van der Waals surface area contributed by atoms with Crippen molar-refractivity contribution < 1.29 is 4.74 Å². The molecular weight excluding hydrogens is 228 g/mol. The van der Waals surface area contributed by atoms with Crippen molar-refractivity contribution in [2.24, 2.45) is 10.3 Å². The molecule has 0 fully saturated rings. The fourth-order valence-corrected chi connectivity index (χ4v) is 1.38. The predicted molar refractivity (Wildman–Crippen MR) is 70.1 cm³/mol. The molecule has 0 saturated carbocycles. The summed E-state index contributed by atoms with van der Waals surface area (Å²) in [6.07, 6.45) is 1.69. The summed E-state index contributed by atoms with van der Waals surface area (Å²) in [5.41, 5.74) is 4.66. The zero-order valence-corrected chi connectivity index (χ0v) is 10.3. The van der Waals surface area contributed by atoms with E-state index in [1.165, 1.54) is 0 Å². The van der Waals surface area contributed by atoms with Crippen molar-refractivity contribution in [3.05, 3.63) is 48.2 Å². The molecule has 1 heterocycles. The zero-order valence-electron chi connectivity index (χ0n) is 10.3. The van der Waals surface area contributed by atoms with Gasteiger partial charge in [-0.05, 0) is 42.8 Å². The van der Waals surface area contributed by atoms with E-state index < -0.39 is 0 Å². The Morgan fingerprint density at radius 3 is 2.61 bits per heavy atom. The van der Waals surface area contributed by atoms with Crippen LogP contribution in [0.5, 0.6) is 5.75 Å². The lowest BCUT2D eigenvalue weighted by atomic mass is 10.3. The second kappa shape index (κ2) is 5.77. The topological polar surface area (TPSA) is 58.9 Å². The molecule has 1 N–H and O–H groups in total. The molecule has 5 heteroatoms. The standard InChI is InChI=1S/C13H14N4O/c1-10-4-3-9-14-13(10)16-17-15-11-5-7-12(18-2)8-6-11/h3-9H,1-2H3,(H,14,15,16). The normalized spacial score (nSPS) is 10.6. The number of methoxy groups -OCH3 is 1. The minimum Gasteiger partial charge on any atom is -0.497 e. The lowest BCUT2D eigenvalue weighted by Gasteiger charge is -2.01. The molecular formula is C13H14N4O. The summed E-state index contributed by atoms with van der Waals surface area (Å²) in [5.74, 6) is 1.41. The summed E-state index contributed by atoms with van der Waals surface area (Å²) < 4.78 is 5.07. The Hall–Kier alpha value is -2.43. The molecule has 5 nitrogen and oxygen atoms in total. The number of hydrogen-bond acceptors (Lipinski definition) is 4. The summed E-state index contributed by atoms with van der Waals surface area (Å²) in [6.45, 7) is 1.94. The van der Waals surface area contributed by atoms with Gasteiger partial charge < -0.3 is 4.74 Å². The predicted octanol–water partition coefficient (Wildman–Crippen LogP) is 3.51. The molecule has 1 aromatic heterocycles. The van der Waals surface area contributed by atoms with Crippen molar-refractivity contribution in [1.82, 2.24) is 4.98 Å². The number of ether oxygens (including phenoxy) is 1. The number of aromatic nitrogens is 1. The molecule has 0 saturated heterocycles. The maximum Gasteiger partial charge on any atom is 0.179 e. The van der Waals surface area contributed by atoms with Crippen molar-refractivity contribution in [2.75, 3.05) is 12.5 Å². The number of nitrogens with one attached hydrogen (secondary N) is 1. The van der Waals surface area contributed by atoms with E-state index in [-0.39, 0.29) is 0 Å². The van der Waals surface area contributed by atoms with Gasteiger partial charge >= 0.3 is 0 Å². The summed E-state index contributed by atoms with van der Waals surface area (Å²) in [4.78, 5) is 4.12. The first-order valence-electron chi connectivity index (χ1n) is 5.52. The highest BCUT2D eigenvalue weighted by Gasteiger charge is 1.95. The van der Waals surface area contributed by atoms with Crippen LogP contribution in [0.4, 0.5) is 11.5 Å². The van der Waals surface area contributed by atoms with Gasteiger partial charge in [-0.25, -0.2) is 4.98 Å². The van der Waals surface area contributed by atoms with Crippen LogP contribution in [0, 0.1) is 6.92 Å². The Morgan fingerprint density at radius 1 is 1.17 bits per heavy atom. The number of pyridine rings is 1. The van der Waals surface area contributed by atoms with Crippen LogP contribution in [-0.2, 0) is 0 Å². The van der Waals surface area contributed by atoms with Gasteiger partial charge in [0, 0.05) is 6.20 Å². The van der Waals surface area contributed by atoms with Crippen LogP contribution >= 0.6 is 0 Å². The minimum absolute atomic E-state index is 0.610. The minimum atomic E-state index is 0.610. The molecule has 2 aromatic rings. The highest BCUT2D eigenvalue weighted by atomic mass is 16.5. The number of anilines is 1. The molecule has 92 valence electrons. The number of rotatable bonds is 4. The van der Waals surface area contributed by atoms with Gasteiger partial charge in [-0.1, -0.05) is 11.3 Å². The van der Waals surface area contributed by atoms with Gasteiger partial charge in [0.15, 0.2) is 5.82 Å². The lowest BCUT2D eigenvalue weighted by Crippen LogP contribution is -1.88. The highest BCUT2D eigenvalue weighted by molar-refractivity contribution is 5.45. The van der Waals surface area contributed by atoms with E-state index in [1.807, 2.05) is 43.3 Å². The van der Waals surface area contributed by atoms with E-state index in [1.54, 1.807) is 13.3 Å². The van der Waals surface area contributed by atoms with E-state index in [0.717, 1.165) is 17.0 Å². The molecule has 18 heavy (non-hydrogen) atoms. The first-order valence-corrected chi connectivity index (χ1v) is 5.52. The third-order valence-corrected chi connectivity index (χ3v) is 2.40. The van der Waals surface area contributed by atoms with Crippen molar-refractivity contribution in [2.45, 2.75) is 6.92 Å². The van der Waals surface area contributed by atoms with Crippen LogP contribution < -0.4 is 10.2 Å². The van der Waals surface area contributed by atoms with Gasteiger partial charge in [0.05, 0.1) is 12.8 Å². The summed E-state index contributed by atoms with van der Waals surface area (Å²) in [7, 11) is 1.63. The van der Waals surface area contributed by atoms with Gasteiger partial charge in [0.1, 0.15) is 5.75 Å². The Bertz CT molecular complexity index is 537. The third-order valence-electron chi connectivity index (χ3n) is 2.40. The van der Waals surface area contributed by atoms with Crippen molar-refractivity contribution in [3.8, 4) is 5.75 Å². The molecule has 0 unspecified atom stereocenters. The molecule has 0 aliphatic rings. The van der Waals surface area contributed by atoms with Gasteiger partial charge in [-0.2, -0.15) is 0 Å². The maximum atomic E-state index is 5.07. The molecule has 1 aromatic carbocycles. The Kier molecular flexibility index (Phi) is 3.86. The largest absolute Gasteiger partial charge is 0.497 e. The smallest absolute Gasteiger partial charge is 0.179 e. The second-order valence-electron chi connectivity index (χ2n) is 3.68. The van der Waals surface area contributed by atoms with E-state index in [4.69, 9.17) is 4.74 Å². The van der Waals surface area contributed by atoms with E-state index in [0.29, 0.717) is 5.82 Å². The van der Waals surface area contributed by atoms with Gasteiger partial charge in [0.25, 0.3) is 0 Å². The number of hydrogen-bond donors (Lipinski definition) is 1. The first-order chi connectivity index (χ1) is 8.79. The lowest BCUT2D eigenvalue weighted by molar-refractivity contribution is 0.415. The van der Waals surface area contributed by atoms with Crippen LogP contribution in [-0.4, -0.2) is 12.1 Å². The van der Waals surface area contributed by atoms with Crippen molar-refractivity contribution >= 4 is 11.5 Å². The average molecular weight is 242 g/mol. The number of benzene rings is 1. The van der Waals surface area contributed by atoms with Crippen LogP contribution in [0.25, 0.3) is 0 Å². The average Bonchev–Trinajstić information content (AvgIpc) is 2.42. The van der Waals surface area contributed by atoms with Crippen molar-refractivity contribution in [1.29, 1.82) is 0 Å². The summed E-state index contributed by atoms with van der Waals surface area (Å²) >= 11 is 0. The summed E-state index contributed by atoms with van der Waals surface area (Å²) in [5, 5.41) is 7.92. The SMILES string of the molecule is COc1ccc(N/N=N/c2ncccc2C)cc1. The molecule has 0 aliphatic carbocycles. The fourth-order valence-electron chi connectivity index (χ4n) is 1.38. The molecule has 0 amide bonds. The quantitative estimate of drug-likeness (QED) is 0.659. The van der Waals surface area contributed by atoms with Crippen molar-refractivity contribution in [3.63, 3.8) is 0 Å². The van der Waals surface area contributed by atoms with Gasteiger partial charge in [-0.3, -0.25) is 5.43 Å². The van der Waals surface area contributed by atoms with E-state index in [9.17, 15) is 0 Å². The maximum absolute atomic E-state index is 5.07. The van der Waals surface area contributed by atoms with Crippen LogP contribution in [0.15, 0.2) is 52.9 Å². The fraction of sp³-hybridized carbons (Fsp3) is 0.154. The molecule has 0 bridgehead atoms. The number of nitrogens with zero attached hydrogens (tertiary/aromatic N) is 3. The monoisotopic (exact) mass is 242 g/mol. The van der Waals surface area contributed by atoms with E-state index >= 15 is 0 Å². The zero-order chi connectivity index (χ0) is 12.8. The first kappa shape index (κ1) is 12.0. The van der Waals surface area contributed by atoms with Crippen LogP contribution in [0.1, 0.15) is 5.56 Å². The van der Waals surface area contributed by atoms with Crippen LogP contribution in [0.3, 0.4) is 0 Å². The molecule has 2 rings (SSSR count). The molecule has 0 atom stereocenters. The van der Waals surface area contributed by atoms with Gasteiger partial charge in [-0.15, -0.1) is 5.11 Å².